The van der Waals surface area contributed by atoms with Crippen LogP contribution in [0, 0.1) is 0 Å². The van der Waals surface area contributed by atoms with E-state index in [1.807, 2.05) is 0 Å². The summed E-state index contributed by atoms with van der Waals surface area (Å²) >= 11 is 16.0. The third-order valence-electron chi connectivity index (χ3n) is 0.807. The first-order chi connectivity index (χ1) is 4.45. The Hall–Kier alpha value is 0.280. The molecular weight excluding hydrogens is 194 g/mol. The topological polar surface area (TPSA) is 17.1 Å². The maximum absolute atomic E-state index is 10.6. The van der Waals surface area contributed by atoms with Gasteiger partial charge in [0.15, 0.2) is 5.78 Å². The summed E-state index contributed by atoms with van der Waals surface area (Å²) in [5, 5.41) is 0. The van der Waals surface area contributed by atoms with Crippen LogP contribution in [-0.2, 0) is 4.79 Å². The van der Waals surface area contributed by atoms with Crippen molar-refractivity contribution < 1.29 is 4.79 Å². The maximum atomic E-state index is 10.6. The zero-order chi connectivity index (χ0) is 8.20. The quantitative estimate of drug-likeness (QED) is 0.496. The SMILES string of the molecule is CCC(=O)/C=C/C(Cl)(Cl)Cl. The van der Waals surface area contributed by atoms with Crippen LogP contribution < -0.4 is 0 Å². The lowest BCUT2D eigenvalue weighted by molar-refractivity contribution is -0.114. The summed E-state index contributed by atoms with van der Waals surface area (Å²) in [6, 6.07) is 0. The number of rotatable bonds is 2. The van der Waals surface area contributed by atoms with Crippen LogP contribution in [0.2, 0.25) is 0 Å². The van der Waals surface area contributed by atoms with E-state index in [0.717, 1.165) is 0 Å². The van der Waals surface area contributed by atoms with Gasteiger partial charge in [0.05, 0.1) is 0 Å². The second-order valence-electron chi connectivity index (χ2n) is 1.69. The number of hydrogen-bond donors (Lipinski definition) is 0. The van der Waals surface area contributed by atoms with Gasteiger partial charge >= 0.3 is 0 Å². The average Bonchev–Trinajstić information content (AvgIpc) is 1.81. The molecule has 0 unspecified atom stereocenters. The molecule has 0 rings (SSSR count). The summed E-state index contributed by atoms with van der Waals surface area (Å²) < 4.78 is -1.45. The minimum Gasteiger partial charge on any atom is -0.295 e. The van der Waals surface area contributed by atoms with Gasteiger partial charge in [-0.25, -0.2) is 0 Å². The molecule has 0 atom stereocenters. The second-order valence-corrected chi connectivity index (χ2v) is 4.06. The molecule has 0 aliphatic rings. The average molecular weight is 201 g/mol. The van der Waals surface area contributed by atoms with Crippen molar-refractivity contribution in [2.24, 2.45) is 0 Å². The highest BCUT2D eigenvalue weighted by Gasteiger charge is 2.13. The summed E-state index contributed by atoms with van der Waals surface area (Å²) in [5.74, 6) is -0.0497. The van der Waals surface area contributed by atoms with E-state index in [1.165, 1.54) is 12.2 Å². The number of hydrogen-bond acceptors (Lipinski definition) is 1. The fourth-order valence-electron chi connectivity index (χ4n) is 0.305. The predicted molar refractivity (Wildman–Crippen MR) is 44.7 cm³/mol. The first-order valence-corrected chi connectivity index (χ1v) is 3.88. The zero-order valence-electron chi connectivity index (χ0n) is 5.40. The fourth-order valence-corrected chi connectivity index (χ4v) is 0.494. The van der Waals surface area contributed by atoms with Crippen molar-refractivity contribution in [1.29, 1.82) is 0 Å². The van der Waals surface area contributed by atoms with Gasteiger partial charge in [-0.1, -0.05) is 41.7 Å². The molecule has 0 saturated carbocycles. The largest absolute Gasteiger partial charge is 0.295 e. The van der Waals surface area contributed by atoms with E-state index in [1.54, 1.807) is 6.92 Å². The monoisotopic (exact) mass is 200 g/mol. The molecule has 0 bridgehead atoms. The molecule has 0 spiro atoms. The number of alkyl halides is 3. The number of halogens is 3. The normalized spacial score (nSPS) is 12.4. The highest BCUT2D eigenvalue weighted by atomic mass is 35.6. The van der Waals surface area contributed by atoms with E-state index in [9.17, 15) is 4.79 Å². The van der Waals surface area contributed by atoms with Gasteiger partial charge in [0.1, 0.15) is 0 Å². The van der Waals surface area contributed by atoms with E-state index in [0.29, 0.717) is 6.42 Å². The number of carbonyl (C=O) groups is 1. The molecule has 0 heterocycles. The minimum absolute atomic E-state index is 0.0497. The number of ketones is 1. The summed E-state index contributed by atoms with van der Waals surface area (Å²) in [6.45, 7) is 1.74. The van der Waals surface area contributed by atoms with Crippen molar-refractivity contribution in [2.75, 3.05) is 0 Å². The van der Waals surface area contributed by atoms with Crippen LogP contribution in [0.15, 0.2) is 12.2 Å². The van der Waals surface area contributed by atoms with E-state index in [4.69, 9.17) is 34.8 Å². The van der Waals surface area contributed by atoms with Crippen LogP contribution in [0.1, 0.15) is 13.3 Å². The summed E-state index contributed by atoms with van der Waals surface area (Å²) in [5.41, 5.74) is 0. The summed E-state index contributed by atoms with van der Waals surface area (Å²) in [6.07, 6.45) is 2.94. The van der Waals surface area contributed by atoms with Crippen molar-refractivity contribution in [1.82, 2.24) is 0 Å². The van der Waals surface area contributed by atoms with Gasteiger partial charge in [-0.3, -0.25) is 4.79 Å². The van der Waals surface area contributed by atoms with Gasteiger partial charge in [-0.05, 0) is 12.2 Å². The Balaban J connectivity index is 3.88. The van der Waals surface area contributed by atoms with Gasteiger partial charge in [0.2, 0.25) is 3.79 Å². The van der Waals surface area contributed by atoms with E-state index < -0.39 is 3.79 Å². The van der Waals surface area contributed by atoms with Crippen LogP contribution in [0.4, 0.5) is 0 Å². The first-order valence-electron chi connectivity index (χ1n) is 2.74. The van der Waals surface area contributed by atoms with Crippen LogP contribution in [-0.4, -0.2) is 9.58 Å². The van der Waals surface area contributed by atoms with E-state index >= 15 is 0 Å². The standard InChI is InChI=1S/C6H7Cl3O/c1-2-5(10)3-4-6(7,8)9/h3-4H,2H2,1H3/b4-3+. The van der Waals surface area contributed by atoms with Crippen molar-refractivity contribution in [3.63, 3.8) is 0 Å². The third-order valence-corrected chi connectivity index (χ3v) is 1.18. The lowest BCUT2D eigenvalue weighted by Gasteiger charge is -2.00. The van der Waals surface area contributed by atoms with Crippen molar-refractivity contribution in [3.8, 4) is 0 Å². The molecule has 0 aromatic rings. The molecule has 0 fully saturated rings. The van der Waals surface area contributed by atoms with Crippen LogP contribution in [0.25, 0.3) is 0 Å². The van der Waals surface area contributed by atoms with Crippen LogP contribution >= 0.6 is 34.8 Å². The smallest absolute Gasteiger partial charge is 0.209 e. The van der Waals surface area contributed by atoms with Gasteiger partial charge in [0.25, 0.3) is 0 Å². The first kappa shape index (κ1) is 10.3. The van der Waals surface area contributed by atoms with Crippen molar-refractivity contribution in [2.45, 2.75) is 17.1 Å². The Morgan fingerprint density at radius 2 is 2.00 bits per heavy atom. The van der Waals surface area contributed by atoms with Crippen LogP contribution in [0.3, 0.4) is 0 Å². The molecule has 4 heteroatoms. The molecule has 0 amide bonds. The zero-order valence-corrected chi connectivity index (χ0v) is 7.67. The Labute approximate surface area is 74.9 Å². The molecule has 0 aliphatic carbocycles. The van der Waals surface area contributed by atoms with E-state index in [2.05, 4.69) is 0 Å². The molecule has 0 aromatic carbocycles. The van der Waals surface area contributed by atoms with E-state index in [-0.39, 0.29) is 5.78 Å². The minimum atomic E-state index is -1.45. The molecule has 0 radical (unpaired) electrons. The Morgan fingerprint density at radius 1 is 1.50 bits per heavy atom. The number of carbonyl (C=O) groups excluding carboxylic acids is 1. The van der Waals surface area contributed by atoms with Gasteiger partial charge in [-0.15, -0.1) is 0 Å². The lowest BCUT2D eigenvalue weighted by atomic mass is 10.3. The maximum Gasteiger partial charge on any atom is 0.209 e. The predicted octanol–water partition coefficient (Wildman–Crippen LogP) is 2.89. The molecule has 58 valence electrons. The van der Waals surface area contributed by atoms with Crippen LogP contribution in [0.5, 0.6) is 0 Å². The van der Waals surface area contributed by atoms with Gasteiger partial charge < -0.3 is 0 Å². The second kappa shape index (κ2) is 4.22. The molecular formula is C6H7Cl3O. The summed E-state index contributed by atoms with van der Waals surface area (Å²) in [7, 11) is 0. The molecule has 1 nitrogen and oxygen atoms in total. The van der Waals surface area contributed by atoms with Gasteiger partial charge in [-0.2, -0.15) is 0 Å². The van der Waals surface area contributed by atoms with Crippen molar-refractivity contribution in [3.05, 3.63) is 12.2 Å². The lowest BCUT2D eigenvalue weighted by Crippen LogP contribution is -1.97. The molecule has 10 heavy (non-hydrogen) atoms. The summed E-state index contributed by atoms with van der Waals surface area (Å²) in [4.78, 5) is 10.6. The molecule has 0 aromatic heterocycles. The molecule has 0 N–H and O–H groups in total. The van der Waals surface area contributed by atoms with Crippen molar-refractivity contribution >= 4 is 40.6 Å². The molecule has 0 aliphatic heterocycles. The number of allylic oxidation sites excluding steroid dienone is 2. The Kier molecular flexibility index (Phi) is 4.34. The highest BCUT2D eigenvalue weighted by Crippen LogP contribution is 2.27. The van der Waals surface area contributed by atoms with Gasteiger partial charge in [0, 0.05) is 6.42 Å². The Bertz CT molecular complexity index is 146. The molecule has 0 saturated heterocycles. The third kappa shape index (κ3) is 6.40. The highest BCUT2D eigenvalue weighted by molar-refractivity contribution is 6.69. The fraction of sp³-hybridized carbons (Fsp3) is 0.500. The Morgan fingerprint density at radius 3 is 2.30 bits per heavy atom.